The summed E-state index contributed by atoms with van der Waals surface area (Å²) < 4.78 is 16.4. The minimum absolute atomic E-state index is 0.126. The van der Waals surface area contributed by atoms with Gasteiger partial charge in [-0.2, -0.15) is 0 Å². The summed E-state index contributed by atoms with van der Waals surface area (Å²) in [5, 5.41) is 0. The molecule has 0 radical (unpaired) electrons. The molecule has 0 saturated carbocycles. The molecule has 0 aliphatic carbocycles. The molecule has 0 saturated heterocycles. The van der Waals surface area contributed by atoms with Crippen molar-refractivity contribution in [2.45, 2.75) is 0 Å². The van der Waals surface area contributed by atoms with Crippen LogP contribution in [0.25, 0.3) is 6.08 Å². The first-order valence-corrected chi connectivity index (χ1v) is 8.92. The van der Waals surface area contributed by atoms with Gasteiger partial charge in [0.25, 0.3) is 0 Å². The Bertz CT molecular complexity index is 1090. The lowest BCUT2D eigenvalue weighted by atomic mass is 10.1. The van der Waals surface area contributed by atoms with E-state index < -0.39 is 0 Å². The standard InChI is InChI=1S/C23H17NO5/c1-27-17-4-2-16(3-5-17)20(25)14-28-18-6-7-19-21(13-18)29-22(23(19)26)12-15-8-10-24-11-9-15/h2-13H,14H2,1H3. The second kappa shape index (κ2) is 7.98. The molecule has 0 bridgehead atoms. The van der Waals surface area contributed by atoms with E-state index in [0.29, 0.717) is 28.4 Å². The predicted molar refractivity (Wildman–Crippen MR) is 106 cm³/mol. The summed E-state index contributed by atoms with van der Waals surface area (Å²) in [6, 6.07) is 15.3. The normalized spacial score (nSPS) is 13.7. The summed E-state index contributed by atoms with van der Waals surface area (Å²) in [7, 11) is 1.57. The molecule has 1 aliphatic heterocycles. The van der Waals surface area contributed by atoms with Gasteiger partial charge < -0.3 is 14.2 Å². The second-order valence-corrected chi connectivity index (χ2v) is 6.32. The molecule has 0 N–H and O–H groups in total. The van der Waals surface area contributed by atoms with Gasteiger partial charge in [-0.15, -0.1) is 0 Å². The van der Waals surface area contributed by atoms with E-state index in [-0.39, 0.29) is 23.9 Å². The quantitative estimate of drug-likeness (QED) is 0.471. The Balaban J connectivity index is 1.44. The molecule has 6 heteroatoms. The minimum atomic E-state index is -0.197. The third-order valence-corrected chi connectivity index (χ3v) is 4.43. The van der Waals surface area contributed by atoms with E-state index in [2.05, 4.69) is 4.98 Å². The molecule has 2 heterocycles. The van der Waals surface area contributed by atoms with Crippen molar-refractivity contribution in [2.75, 3.05) is 13.7 Å². The minimum Gasteiger partial charge on any atom is -0.497 e. The Morgan fingerprint density at radius 3 is 2.48 bits per heavy atom. The summed E-state index contributed by atoms with van der Waals surface area (Å²) in [6.45, 7) is -0.126. The summed E-state index contributed by atoms with van der Waals surface area (Å²) in [5.74, 6) is 1.41. The van der Waals surface area contributed by atoms with Crippen molar-refractivity contribution >= 4 is 17.6 Å². The third-order valence-electron chi connectivity index (χ3n) is 4.43. The molecule has 4 rings (SSSR count). The Morgan fingerprint density at radius 2 is 1.76 bits per heavy atom. The maximum Gasteiger partial charge on any atom is 0.231 e. The van der Waals surface area contributed by atoms with Gasteiger partial charge in [0.15, 0.2) is 18.1 Å². The number of hydrogen-bond donors (Lipinski definition) is 0. The lowest BCUT2D eigenvalue weighted by molar-refractivity contribution is 0.0921. The number of rotatable bonds is 6. The van der Waals surface area contributed by atoms with Gasteiger partial charge in [0.2, 0.25) is 5.78 Å². The topological polar surface area (TPSA) is 74.7 Å². The Morgan fingerprint density at radius 1 is 1.03 bits per heavy atom. The molecule has 29 heavy (non-hydrogen) atoms. The van der Waals surface area contributed by atoms with Gasteiger partial charge in [-0.05, 0) is 60.2 Å². The van der Waals surface area contributed by atoms with Crippen LogP contribution in [0.5, 0.6) is 17.2 Å². The van der Waals surface area contributed by atoms with E-state index in [1.54, 1.807) is 80.2 Å². The molecule has 1 aromatic heterocycles. The van der Waals surface area contributed by atoms with Crippen molar-refractivity contribution in [1.82, 2.24) is 4.98 Å². The van der Waals surface area contributed by atoms with Gasteiger partial charge in [-0.1, -0.05) is 0 Å². The average molecular weight is 387 g/mol. The van der Waals surface area contributed by atoms with Crippen molar-refractivity contribution in [3.05, 3.63) is 89.4 Å². The van der Waals surface area contributed by atoms with Crippen LogP contribution in [0, 0.1) is 0 Å². The lowest BCUT2D eigenvalue weighted by Crippen LogP contribution is -2.11. The van der Waals surface area contributed by atoms with Gasteiger partial charge in [0, 0.05) is 24.0 Å². The summed E-state index contributed by atoms with van der Waals surface area (Å²) in [6.07, 6.45) is 4.95. The number of fused-ring (bicyclic) bond motifs is 1. The molecular formula is C23H17NO5. The predicted octanol–water partition coefficient (Wildman–Crippen LogP) is 3.97. The number of benzene rings is 2. The summed E-state index contributed by atoms with van der Waals surface area (Å²) in [5.41, 5.74) is 1.80. The SMILES string of the molecule is COc1ccc(C(=O)COc2ccc3c(c2)OC(=Cc2ccncc2)C3=O)cc1. The molecule has 3 aromatic rings. The maximum atomic E-state index is 12.5. The van der Waals surface area contributed by atoms with E-state index in [0.717, 1.165) is 5.56 Å². The molecule has 0 unspecified atom stereocenters. The first-order chi connectivity index (χ1) is 14.1. The number of ketones is 2. The van der Waals surface area contributed by atoms with E-state index in [4.69, 9.17) is 14.2 Å². The Kier molecular flexibility index (Phi) is 5.07. The summed E-state index contributed by atoms with van der Waals surface area (Å²) >= 11 is 0. The van der Waals surface area contributed by atoms with Gasteiger partial charge in [0.05, 0.1) is 12.7 Å². The zero-order chi connectivity index (χ0) is 20.2. The highest BCUT2D eigenvalue weighted by Gasteiger charge is 2.27. The number of Topliss-reactive ketones (excluding diaryl/α,β-unsaturated/α-hetero) is 2. The first-order valence-electron chi connectivity index (χ1n) is 8.92. The number of nitrogens with zero attached hydrogens (tertiary/aromatic N) is 1. The summed E-state index contributed by atoms with van der Waals surface area (Å²) in [4.78, 5) is 28.7. The highest BCUT2D eigenvalue weighted by molar-refractivity contribution is 6.14. The van der Waals surface area contributed by atoms with E-state index in [9.17, 15) is 9.59 Å². The van der Waals surface area contributed by atoms with Crippen molar-refractivity contribution in [2.24, 2.45) is 0 Å². The van der Waals surface area contributed by atoms with Gasteiger partial charge in [-0.25, -0.2) is 0 Å². The number of ether oxygens (including phenoxy) is 3. The van der Waals surface area contributed by atoms with Crippen LogP contribution in [0.15, 0.2) is 72.8 Å². The average Bonchev–Trinajstić information content (AvgIpc) is 3.07. The van der Waals surface area contributed by atoms with Crippen LogP contribution in [0.3, 0.4) is 0 Å². The highest BCUT2D eigenvalue weighted by Crippen LogP contribution is 2.34. The molecule has 0 amide bonds. The molecular weight excluding hydrogens is 370 g/mol. The number of hydrogen-bond acceptors (Lipinski definition) is 6. The zero-order valence-electron chi connectivity index (χ0n) is 15.6. The van der Waals surface area contributed by atoms with Crippen LogP contribution >= 0.6 is 0 Å². The fourth-order valence-electron chi connectivity index (χ4n) is 2.88. The van der Waals surface area contributed by atoms with Crippen molar-refractivity contribution in [3.8, 4) is 17.2 Å². The van der Waals surface area contributed by atoms with Crippen LogP contribution in [0.1, 0.15) is 26.3 Å². The van der Waals surface area contributed by atoms with Crippen LogP contribution in [-0.4, -0.2) is 30.3 Å². The first kappa shape index (κ1) is 18.4. The molecule has 1 aliphatic rings. The number of pyridine rings is 1. The van der Waals surface area contributed by atoms with Crippen LogP contribution in [0.2, 0.25) is 0 Å². The maximum absolute atomic E-state index is 12.5. The van der Waals surface area contributed by atoms with Crippen molar-refractivity contribution < 1.29 is 23.8 Å². The fraction of sp³-hybridized carbons (Fsp3) is 0.0870. The molecule has 0 atom stereocenters. The lowest BCUT2D eigenvalue weighted by Gasteiger charge is -2.07. The monoisotopic (exact) mass is 387 g/mol. The Labute approximate surface area is 167 Å². The second-order valence-electron chi connectivity index (χ2n) is 6.32. The molecule has 2 aromatic carbocycles. The van der Waals surface area contributed by atoms with Crippen LogP contribution in [0.4, 0.5) is 0 Å². The van der Waals surface area contributed by atoms with Crippen molar-refractivity contribution in [3.63, 3.8) is 0 Å². The van der Waals surface area contributed by atoms with E-state index in [1.807, 2.05) is 0 Å². The Hall–Kier alpha value is -3.93. The van der Waals surface area contributed by atoms with Crippen LogP contribution in [-0.2, 0) is 0 Å². The molecule has 6 nitrogen and oxygen atoms in total. The van der Waals surface area contributed by atoms with Gasteiger partial charge in [-0.3, -0.25) is 14.6 Å². The smallest absolute Gasteiger partial charge is 0.231 e. The van der Waals surface area contributed by atoms with Gasteiger partial charge >= 0.3 is 0 Å². The number of aromatic nitrogens is 1. The molecule has 144 valence electrons. The van der Waals surface area contributed by atoms with E-state index in [1.165, 1.54) is 0 Å². The van der Waals surface area contributed by atoms with E-state index >= 15 is 0 Å². The third kappa shape index (κ3) is 4.01. The molecule has 0 fully saturated rings. The highest BCUT2D eigenvalue weighted by atomic mass is 16.5. The number of carbonyl (C=O) groups is 2. The van der Waals surface area contributed by atoms with Crippen molar-refractivity contribution in [1.29, 1.82) is 0 Å². The largest absolute Gasteiger partial charge is 0.497 e. The zero-order valence-corrected chi connectivity index (χ0v) is 15.6. The number of carbonyl (C=O) groups excluding carboxylic acids is 2. The fourth-order valence-corrected chi connectivity index (χ4v) is 2.88. The molecule has 0 spiro atoms. The van der Waals surface area contributed by atoms with Gasteiger partial charge in [0.1, 0.15) is 17.2 Å². The number of allylic oxidation sites excluding steroid dienone is 1. The van der Waals surface area contributed by atoms with Crippen LogP contribution < -0.4 is 14.2 Å². The number of methoxy groups -OCH3 is 1.